The summed E-state index contributed by atoms with van der Waals surface area (Å²) in [5.74, 6) is 0. The van der Waals surface area contributed by atoms with Gasteiger partial charge in [0.05, 0.1) is 6.04 Å². The summed E-state index contributed by atoms with van der Waals surface area (Å²) in [6.45, 7) is 4.08. The third-order valence-corrected chi connectivity index (χ3v) is 3.68. The molecule has 0 saturated carbocycles. The van der Waals surface area contributed by atoms with Gasteiger partial charge in [0.25, 0.3) is 0 Å². The molecule has 0 saturated heterocycles. The molecule has 2 rings (SSSR count). The van der Waals surface area contributed by atoms with Crippen LogP contribution in [0.1, 0.15) is 24.1 Å². The fraction of sp³-hybridized carbons (Fsp3) is 0.188. The third-order valence-electron chi connectivity index (χ3n) is 3.11. The standard InChI is InChI=1S/C16H17ClN2S/c1-11-7-3-6-10-15(11)19-16(20)18-12(2)13-8-4-5-9-14(13)17/h3-10,12H,1-2H3,(H2,18,19,20)/t12-/m1/s1. The van der Waals surface area contributed by atoms with E-state index in [4.69, 9.17) is 23.8 Å². The predicted octanol–water partition coefficient (Wildman–Crippen LogP) is 4.70. The van der Waals surface area contributed by atoms with Crippen LogP contribution in [0.15, 0.2) is 48.5 Å². The van der Waals surface area contributed by atoms with Gasteiger partial charge in [-0.3, -0.25) is 0 Å². The summed E-state index contributed by atoms with van der Waals surface area (Å²) in [7, 11) is 0. The summed E-state index contributed by atoms with van der Waals surface area (Å²) in [4.78, 5) is 0. The van der Waals surface area contributed by atoms with Crippen LogP contribution in [0.25, 0.3) is 0 Å². The number of rotatable bonds is 3. The minimum Gasteiger partial charge on any atom is -0.356 e. The fourth-order valence-corrected chi connectivity index (χ4v) is 2.56. The lowest BCUT2D eigenvalue weighted by Crippen LogP contribution is -2.31. The highest BCUT2D eigenvalue weighted by atomic mass is 35.5. The minimum absolute atomic E-state index is 0.0488. The van der Waals surface area contributed by atoms with E-state index < -0.39 is 0 Å². The summed E-state index contributed by atoms with van der Waals surface area (Å²) >= 11 is 11.5. The van der Waals surface area contributed by atoms with E-state index in [1.165, 1.54) is 0 Å². The molecule has 0 unspecified atom stereocenters. The Morgan fingerprint density at radius 1 is 1.10 bits per heavy atom. The van der Waals surface area contributed by atoms with Gasteiger partial charge >= 0.3 is 0 Å². The maximum atomic E-state index is 6.18. The van der Waals surface area contributed by atoms with E-state index in [0.717, 1.165) is 21.8 Å². The van der Waals surface area contributed by atoms with Gasteiger partial charge in [-0.05, 0) is 49.3 Å². The van der Waals surface area contributed by atoms with Gasteiger partial charge in [-0.25, -0.2) is 0 Å². The molecule has 2 aromatic carbocycles. The molecular formula is C16H17ClN2S. The van der Waals surface area contributed by atoms with Crippen LogP contribution >= 0.6 is 23.8 Å². The average Bonchev–Trinajstić information content (AvgIpc) is 2.41. The first-order chi connectivity index (χ1) is 9.58. The molecule has 0 aromatic heterocycles. The Morgan fingerprint density at radius 3 is 2.45 bits per heavy atom. The van der Waals surface area contributed by atoms with Gasteiger partial charge < -0.3 is 10.6 Å². The van der Waals surface area contributed by atoms with Crippen LogP contribution < -0.4 is 10.6 Å². The lowest BCUT2D eigenvalue weighted by Gasteiger charge is -2.19. The number of hydrogen-bond donors (Lipinski definition) is 2. The SMILES string of the molecule is Cc1ccccc1NC(=S)N[C@H](C)c1ccccc1Cl. The van der Waals surface area contributed by atoms with Crippen molar-refractivity contribution in [3.63, 3.8) is 0 Å². The van der Waals surface area contributed by atoms with Crippen LogP contribution in [-0.4, -0.2) is 5.11 Å². The van der Waals surface area contributed by atoms with Crippen molar-refractivity contribution in [2.24, 2.45) is 0 Å². The molecule has 2 N–H and O–H groups in total. The second kappa shape index (κ2) is 6.73. The Labute approximate surface area is 130 Å². The van der Waals surface area contributed by atoms with Crippen LogP contribution in [-0.2, 0) is 0 Å². The van der Waals surface area contributed by atoms with Gasteiger partial charge in [-0.15, -0.1) is 0 Å². The largest absolute Gasteiger partial charge is 0.356 e. The normalized spacial score (nSPS) is 11.8. The zero-order chi connectivity index (χ0) is 14.5. The van der Waals surface area contributed by atoms with E-state index in [1.54, 1.807) is 0 Å². The molecule has 0 aliphatic rings. The smallest absolute Gasteiger partial charge is 0.171 e. The minimum atomic E-state index is 0.0488. The van der Waals surface area contributed by atoms with Crippen LogP contribution in [0.2, 0.25) is 5.02 Å². The summed E-state index contributed by atoms with van der Waals surface area (Å²) in [6.07, 6.45) is 0. The fourth-order valence-electron chi connectivity index (χ4n) is 1.97. The first kappa shape index (κ1) is 14.8. The zero-order valence-electron chi connectivity index (χ0n) is 11.5. The number of halogens is 1. The summed E-state index contributed by atoms with van der Waals surface area (Å²) < 4.78 is 0. The van der Waals surface area contributed by atoms with Gasteiger partial charge in [-0.2, -0.15) is 0 Å². The van der Waals surface area contributed by atoms with E-state index in [2.05, 4.69) is 10.6 Å². The predicted molar refractivity (Wildman–Crippen MR) is 90.4 cm³/mol. The Hall–Kier alpha value is -1.58. The summed E-state index contributed by atoms with van der Waals surface area (Å²) in [5.41, 5.74) is 3.20. The number of thiocarbonyl (C=S) groups is 1. The van der Waals surface area contributed by atoms with Crippen LogP contribution in [0, 0.1) is 6.92 Å². The molecule has 20 heavy (non-hydrogen) atoms. The van der Waals surface area contributed by atoms with Crippen molar-refractivity contribution in [3.05, 3.63) is 64.7 Å². The number of para-hydroxylation sites is 1. The molecular weight excluding hydrogens is 288 g/mol. The average molecular weight is 305 g/mol. The van der Waals surface area contributed by atoms with E-state index in [0.29, 0.717) is 5.11 Å². The van der Waals surface area contributed by atoms with Gasteiger partial charge in [0.15, 0.2) is 5.11 Å². The first-order valence-electron chi connectivity index (χ1n) is 6.45. The number of anilines is 1. The second-order valence-electron chi connectivity index (χ2n) is 4.66. The van der Waals surface area contributed by atoms with Gasteiger partial charge in [0.1, 0.15) is 0 Å². The van der Waals surface area contributed by atoms with Crippen molar-refractivity contribution in [3.8, 4) is 0 Å². The zero-order valence-corrected chi connectivity index (χ0v) is 13.1. The molecule has 0 bridgehead atoms. The van der Waals surface area contributed by atoms with Crippen molar-refractivity contribution in [1.29, 1.82) is 0 Å². The third kappa shape index (κ3) is 3.71. The van der Waals surface area contributed by atoms with E-state index in [9.17, 15) is 0 Å². The maximum absolute atomic E-state index is 6.18. The maximum Gasteiger partial charge on any atom is 0.171 e. The first-order valence-corrected chi connectivity index (χ1v) is 7.24. The van der Waals surface area contributed by atoms with Crippen LogP contribution in [0.5, 0.6) is 0 Å². The number of hydrogen-bond acceptors (Lipinski definition) is 1. The quantitative estimate of drug-likeness (QED) is 0.804. The summed E-state index contributed by atoms with van der Waals surface area (Å²) in [6, 6.07) is 15.8. The molecule has 104 valence electrons. The van der Waals surface area contributed by atoms with Crippen molar-refractivity contribution in [2.75, 3.05) is 5.32 Å². The highest BCUT2D eigenvalue weighted by Gasteiger charge is 2.10. The monoisotopic (exact) mass is 304 g/mol. The van der Waals surface area contributed by atoms with E-state index >= 15 is 0 Å². The Kier molecular flexibility index (Phi) is 4.99. The summed E-state index contributed by atoms with van der Waals surface area (Å²) in [5, 5.41) is 7.79. The molecule has 4 heteroatoms. The van der Waals surface area contributed by atoms with E-state index in [1.807, 2.05) is 62.4 Å². The molecule has 2 aromatic rings. The van der Waals surface area contributed by atoms with Crippen molar-refractivity contribution < 1.29 is 0 Å². The molecule has 1 atom stereocenters. The van der Waals surface area contributed by atoms with Gasteiger partial charge in [0.2, 0.25) is 0 Å². The molecule has 2 nitrogen and oxygen atoms in total. The van der Waals surface area contributed by atoms with Crippen LogP contribution in [0.3, 0.4) is 0 Å². The molecule has 0 fully saturated rings. The number of benzene rings is 2. The molecule has 0 radical (unpaired) electrons. The molecule has 0 aliphatic heterocycles. The van der Waals surface area contributed by atoms with Gasteiger partial charge in [0, 0.05) is 10.7 Å². The van der Waals surface area contributed by atoms with Gasteiger partial charge in [-0.1, -0.05) is 48.0 Å². The second-order valence-corrected chi connectivity index (χ2v) is 5.47. The topological polar surface area (TPSA) is 24.1 Å². The molecule has 0 aliphatic carbocycles. The van der Waals surface area contributed by atoms with Crippen molar-refractivity contribution in [1.82, 2.24) is 5.32 Å². The Bertz CT molecular complexity index is 613. The lowest BCUT2D eigenvalue weighted by atomic mass is 10.1. The Morgan fingerprint density at radius 2 is 1.75 bits per heavy atom. The van der Waals surface area contributed by atoms with Crippen molar-refractivity contribution in [2.45, 2.75) is 19.9 Å². The molecule has 0 heterocycles. The number of aryl methyl sites for hydroxylation is 1. The molecule has 0 amide bonds. The van der Waals surface area contributed by atoms with Crippen LogP contribution in [0.4, 0.5) is 5.69 Å². The highest BCUT2D eigenvalue weighted by Crippen LogP contribution is 2.22. The van der Waals surface area contributed by atoms with E-state index in [-0.39, 0.29) is 6.04 Å². The highest BCUT2D eigenvalue weighted by molar-refractivity contribution is 7.80. The van der Waals surface area contributed by atoms with Crippen molar-refractivity contribution >= 4 is 34.6 Å². The molecule has 0 spiro atoms. The lowest BCUT2D eigenvalue weighted by molar-refractivity contribution is 0.723. The number of nitrogens with one attached hydrogen (secondary N) is 2. The Balaban J connectivity index is 2.02.